The molecule has 2 nitrogen and oxygen atoms in total. The Hall–Kier alpha value is 0.210. The SMILES string of the molecule is CC(=O)C(Cl)(Cl)CO. The lowest BCUT2D eigenvalue weighted by molar-refractivity contribution is -0.118. The molecule has 0 fully saturated rings. The summed E-state index contributed by atoms with van der Waals surface area (Å²) in [4.78, 5) is 10.3. The third-order valence-corrected chi connectivity index (χ3v) is 1.48. The van der Waals surface area contributed by atoms with E-state index in [1.807, 2.05) is 0 Å². The Morgan fingerprint density at radius 2 is 2.12 bits per heavy atom. The fourth-order valence-corrected chi connectivity index (χ4v) is 0.111. The van der Waals surface area contributed by atoms with Crippen LogP contribution in [0.15, 0.2) is 0 Å². The van der Waals surface area contributed by atoms with E-state index in [2.05, 4.69) is 0 Å². The topological polar surface area (TPSA) is 37.3 Å². The van der Waals surface area contributed by atoms with E-state index >= 15 is 0 Å². The van der Waals surface area contributed by atoms with Crippen LogP contribution in [-0.4, -0.2) is 21.8 Å². The van der Waals surface area contributed by atoms with Crippen LogP contribution in [0.25, 0.3) is 0 Å². The molecule has 4 heteroatoms. The number of Topliss-reactive ketones (excluding diaryl/α,β-unsaturated/α-hetero) is 1. The zero-order valence-electron chi connectivity index (χ0n) is 4.32. The summed E-state index contributed by atoms with van der Waals surface area (Å²) < 4.78 is -1.60. The molecule has 0 aromatic heterocycles. The Labute approximate surface area is 57.4 Å². The monoisotopic (exact) mass is 156 g/mol. The van der Waals surface area contributed by atoms with Crippen molar-refractivity contribution in [3.05, 3.63) is 0 Å². The number of hydrogen-bond donors (Lipinski definition) is 1. The summed E-state index contributed by atoms with van der Waals surface area (Å²) in [5.41, 5.74) is 0. The molecule has 1 N–H and O–H groups in total. The van der Waals surface area contributed by atoms with Gasteiger partial charge >= 0.3 is 0 Å². The Kier molecular flexibility index (Phi) is 2.74. The average molecular weight is 157 g/mol. The van der Waals surface area contributed by atoms with Gasteiger partial charge in [0.25, 0.3) is 0 Å². The second-order valence-corrected chi connectivity index (χ2v) is 2.90. The van der Waals surface area contributed by atoms with Gasteiger partial charge in [0.1, 0.15) is 0 Å². The van der Waals surface area contributed by atoms with E-state index in [4.69, 9.17) is 28.3 Å². The second kappa shape index (κ2) is 2.67. The van der Waals surface area contributed by atoms with Gasteiger partial charge in [0.15, 0.2) is 10.1 Å². The summed E-state index contributed by atoms with van der Waals surface area (Å²) in [5.74, 6) is -0.441. The van der Waals surface area contributed by atoms with E-state index in [0.717, 1.165) is 0 Å². The molecule has 0 aliphatic rings. The fourth-order valence-electron chi connectivity index (χ4n) is 0.111. The van der Waals surface area contributed by atoms with E-state index in [1.165, 1.54) is 6.92 Å². The minimum atomic E-state index is -1.60. The lowest BCUT2D eigenvalue weighted by Gasteiger charge is -2.09. The van der Waals surface area contributed by atoms with Crippen molar-refractivity contribution in [1.82, 2.24) is 0 Å². The van der Waals surface area contributed by atoms with Gasteiger partial charge in [-0.15, -0.1) is 0 Å². The lowest BCUT2D eigenvalue weighted by Crippen LogP contribution is -2.27. The van der Waals surface area contributed by atoms with Crippen molar-refractivity contribution in [2.24, 2.45) is 0 Å². The molecule has 0 rings (SSSR count). The van der Waals surface area contributed by atoms with Crippen LogP contribution >= 0.6 is 23.2 Å². The summed E-state index contributed by atoms with van der Waals surface area (Å²) >= 11 is 10.4. The van der Waals surface area contributed by atoms with Crippen LogP contribution in [0, 0.1) is 0 Å². The summed E-state index contributed by atoms with van der Waals surface area (Å²) in [5, 5.41) is 8.28. The Morgan fingerprint density at radius 3 is 2.12 bits per heavy atom. The highest BCUT2D eigenvalue weighted by atomic mass is 35.5. The van der Waals surface area contributed by atoms with Gasteiger partial charge in [-0.2, -0.15) is 0 Å². The lowest BCUT2D eigenvalue weighted by atomic mass is 10.3. The molecular formula is C4H6Cl2O2. The Morgan fingerprint density at radius 1 is 1.75 bits per heavy atom. The van der Waals surface area contributed by atoms with Gasteiger partial charge in [0, 0.05) is 0 Å². The zero-order chi connectivity index (χ0) is 6.78. The number of alkyl halides is 2. The number of aliphatic hydroxyl groups excluding tert-OH is 1. The number of ketones is 1. The molecule has 0 bridgehead atoms. The van der Waals surface area contributed by atoms with E-state index in [-0.39, 0.29) is 0 Å². The van der Waals surface area contributed by atoms with Crippen molar-refractivity contribution in [3.8, 4) is 0 Å². The molecule has 0 saturated carbocycles. The molecule has 0 heterocycles. The standard InChI is InChI=1S/C4H6Cl2O2/c1-3(8)4(5,6)2-7/h7H,2H2,1H3. The molecule has 0 aromatic rings. The van der Waals surface area contributed by atoms with Gasteiger partial charge in [0.2, 0.25) is 0 Å². The minimum absolute atomic E-state index is 0.441. The number of aliphatic hydroxyl groups is 1. The highest BCUT2D eigenvalue weighted by Gasteiger charge is 2.28. The fraction of sp³-hybridized carbons (Fsp3) is 0.750. The predicted molar refractivity (Wildman–Crippen MR) is 32.2 cm³/mol. The predicted octanol–water partition coefficient (Wildman–Crippen LogP) is 0.742. The summed E-state index contributed by atoms with van der Waals surface area (Å²) in [6, 6.07) is 0. The highest BCUT2D eigenvalue weighted by Crippen LogP contribution is 2.20. The number of hydrogen-bond acceptors (Lipinski definition) is 2. The Balaban J connectivity index is 3.91. The highest BCUT2D eigenvalue weighted by molar-refractivity contribution is 6.58. The largest absolute Gasteiger partial charge is 0.393 e. The van der Waals surface area contributed by atoms with Gasteiger partial charge in [-0.1, -0.05) is 23.2 Å². The Bertz CT molecular complexity index is 100. The van der Waals surface area contributed by atoms with Crippen LogP contribution < -0.4 is 0 Å². The molecule has 0 amide bonds. The first-order chi connectivity index (χ1) is 3.50. The summed E-state index contributed by atoms with van der Waals surface area (Å²) in [7, 11) is 0. The van der Waals surface area contributed by atoms with Crippen LogP contribution in [0.1, 0.15) is 6.92 Å². The quantitative estimate of drug-likeness (QED) is 0.600. The molecule has 0 aliphatic heterocycles. The molecule has 0 atom stereocenters. The van der Waals surface area contributed by atoms with Gasteiger partial charge in [0.05, 0.1) is 6.61 Å². The molecular weight excluding hydrogens is 151 g/mol. The van der Waals surface area contributed by atoms with Crippen LogP contribution in [-0.2, 0) is 4.79 Å². The van der Waals surface area contributed by atoms with Crippen LogP contribution in [0.3, 0.4) is 0 Å². The van der Waals surface area contributed by atoms with E-state index in [1.54, 1.807) is 0 Å². The molecule has 0 radical (unpaired) electrons. The summed E-state index contributed by atoms with van der Waals surface area (Å²) in [6.07, 6.45) is 0. The van der Waals surface area contributed by atoms with Crippen molar-refractivity contribution >= 4 is 29.0 Å². The van der Waals surface area contributed by atoms with Gasteiger partial charge in [-0.25, -0.2) is 0 Å². The van der Waals surface area contributed by atoms with Gasteiger partial charge in [-0.05, 0) is 6.92 Å². The number of carbonyl (C=O) groups excluding carboxylic acids is 1. The van der Waals surface area contributed by atoms with Crippen molar-refractivity contribution in [1.29, 1.82) is 0 Å². The van der Waals surface area contributed by atoms with Crippen molar-refractivity contribution in [2.45, 2.75) is 11.3 Å². The summed E-state index contributed by atoms with van der Waals surface area (Å²) in [6.45, 7) is 0.682. The first kappa shape index (κ1) is 8.21. The second-order valence-electron chi connectivity index (χ2n) is 1.42. The molecule has 0 saturated heterocycles. The molecule has 0 aliphatic carbocycles. The maximum absolute atomic E-state index is 10.3. The van der Waals surface area contributed by atoms with Crippen LogP contribution in [0.2, 0.25) is 0 Å². The zero-order valence-corrected chi connectivity index (χ0v) is 5.83. The first-order valence-electron chi connectivity index (χ1n) is 2.00. The average Bonchev–Trinajstić information content (AvgIpc) is 1.67. The van der Waals surface area contributed by atoms with Crippen molar-refractivity contribution in [2.75, 3.05) is 6.61 Å². The molecule has 0 unspecified atom stereocenters. The number of rotatable bonds is 2. The third kappa shape index (κ3) is 1.99. The molecule has 8 heavy (non-hydrogen) atoms. The first-order valence-corrected chi connectivity index (χ1v) is 2.76. The molecule has 48 valence electrons. The maximum Gasteiger partial charge on any atom is 0.198 e. The van der Waals surface area contributed by atoms with Gasteiger partial charge < -0.3 is 5.11 Å². The van der Waals surface area contributed by atoms with Crippen molar-refractivity contribution < 1.29 is 9.90 Å². The smallest absolute Gasteiger partial charge is 0.198 e. The van der Waals surface area contributed by atoms with Gasteiger partial charge in [-0.3, -0.25) is 4.79 Å². The van der Waals surface area contributed by atoms with E-state index < -0.39 is 16.7 Å². The third-order valence-electron chi connectivity index (χ3n) is 0.714. The maximum atomic E-state index is 10.3. The normalized spacial score (nSPS) is 11.5. The molecule has 0 aromatic carbocycles. The molecule has 0 spiro atoms. The van der Waals surface area contributed by atoms with Crippen molar-refractivity contribution in [3.63, 3.8) is 0 Å². The van der Waals surface area contributed by atoms with E-state index in [0.29, 0.717) is 0 Å². The number of carbonyl (C=O) groups is 1. The van der Waals surface area contributed by atoms with E-state index in [9.17, 15) is 4.79 Å². The van der Waals surface area contributed by atoms with Crippen LogP contribution in [0.4, 0.5) is 0 Å². The van der Waals surface area contributed by atoms with Crippen LogP contribution in [0.5, 0.6) is 0 Å². The number of halogens is 2. The minimum Gasteiger partial charge on any atom is -0.393 e.